The number of hydrogen-bond acceptors (Lipinski definition) is 4. The van der Waals surface area contributed by atoms with Gasteiger partial charge in [-0.05, 0) is 69.0 Å². The molecule has 1 amide bonds. The van der Waals surface area contributed by atoms with Crippen LogP contribution in [0.1, 0.15) is 45.6 Å². The second-order valence-corrected chi connectivity index (χ2v) is 8.78. The molecule has 1 N–H and O–H groups in total. The zero-order chi connectivity index (χ0) is 26.5. The zero-order valence-electron chi connectivity index (χ0n) is 22.3. The number of rotatable bonds is 11. The minimum absolute atomic E-state index is 0.0675. The smallest absolute Gasteiger partial charge is 0.224 e. The highest BCUT2D eigenvalue weighted by atomic mass is 19.1. The monoisotopic (exact) mass is 493 g/mol. The number of hydrogen-bond donors (Lipinski definition) is 1. The summed E-state index contributed by atoms with van der Waals surface area (Å²) in [5.74, 6) is 0.326. The molecule has 1 aliphatic rings. The molecular formula is C30H40FN3O2. The third-order valence-corrected chi connectivity index (χ3v) is 6.35. The Labute approximate surface area is 215 Å². The van der Waals surface area contributed by atoms with E-state index in [9.17, 15) is 9.18 Å². The molecule has 0 bridgehead atoms. The first kappa shape index (κ1) is 28.8. The molecule has 1 fully saturated rings. The van der Waals surface area contributed by atoms with Crippen molar-refractivity contribution < 1.29 is 13.9 Å². The van der Waals surface area contributed by atoms with Crippen molar-refractivity contribution in [3.05, 3.63) is 95.2 Å². The third-order valence-electron chi connectivity index (χ3n) is 6.35. The van der Waals surface area contributed by atoms with E-state index in [0.29, 0.717) is 11.3 Å². The molecule has 194 valence electrons. The lowest BCUT2D eigenvalue weighted by Gasteiger charge is -2.35. The number of benzene rings is 1. The number of nitrogens with zero attached hydrogens (tertiary/aromatic N) is 2. The van der Waals surface area contributed by atoms with E-state index < -0.39 is 0 Å². The molecule has 6 heteroatoms. The van der Waals surface area contributed by atoms with Gasteiger partial charge in [-0.25, -0.2) is 4.39 Å². The molecule has 1 aliphatic heterocycles. The summed E-state index contributed by atoms with van der Waals surface area (Å²) in [6.45, 7) is 11.9. The lowest BCUT2D eigenvalue weighted by atomic mass is 10.0. The SMILES string of the molecule is C=C/C(C(/C=C\C(=C(/C)CC)N1CCC(NC(=O)Cc2cccc(F)c2)CC1)=NC)=C(\C=C/C)OC. The second-order valence-electron chi connectivity index (χ2n) is 8.78. The number of ether oxygens (including phenoxy) is 1. The van der Waals surface area contributed by atoms with Crippen molar-refractivity contribution >= 4 is 11.6 Å². The Hall–Kier alpha value is -3.41. The van der Waals surface area contributed by atoms with E-state index in [2.05, 4.69) is 41.7 Å². The van der Waals surface area contributed by atoms with E-state index in [0.717, 1.165) is 43.6 Å². The molecule has 0 spiro atoms. The van der Waals surface area contributed by atoms with Crippen LogP contribution in [0, 0.1) is 5.82 Å². The van der Waals surface area contributed by atoms with Gasteiger partial charge < -0.3 is 15.0 Å². The van der Waals surface area contributed by atoms with E-state index in [1.54, 1.807) is 32.4 Å². The van der Waals surface area contributed by atoms with Gasteiger partial charge in [0.05, 0.1) is 19.2 Å². The van der Waals surface area contributed by atoms with E-state index in [-0.39, 0.29) is 24.2 Å². The predicted molar refractivity (Wildman–Crippen MR) is 147 cm³/mol. The van der Waals surface area contributed by atoms with Crippen molar-refractivity contribution in [3.63, 3.8) is 0 Å². The standard InChI is InChI=1S/C30H40FN3O2/c1-7-11-29(36-6)26(9-3)27(32-5)14-15-28(22(4)8-2)34-18-16-25(17-19-34)33-30(35)21-23-12-10-13-24(31)20-23/h7,9-15,20,25H,3,8,16-19,21H2,1-2,4-6H3,(H,33,35)/b11-7-,15-14-,28-22-,29-26-,32-27?. The van der Waals surface area contributed by atoms with Crippen molar-refractivity contribution in [3.8, 4) is 0 Å². The van der Waals surface area contributed by atoms with Crippen molar-refractivity contribution in [2.75, 3.05) is 27.2 Å². The Morgan fingerprint density at radius 3 is 2.56 bits per heavy atom. The summed E-state index contributed by atoms with van der Waals surface area (Å²) >= 11 is 0. The molecule has 1 aromatic rings. The van der Waals surface area contributed by atoms with Crippen LogP contribution < -0.4 is 5.32 Å². The molecule has 0 unspecified atom stereocenters. The van der Waals surface area contributed by atoms with Crippen LogP contribution in [-0.4, -0.2) is 49.8 Å². The maximum Gasteiger partial charge on any atom is 0.224 e. The summed E-state index contributed by atoms with van der Waals surface area (Å²) in [5.41, 5.74) is 4.78. The van der Waals surface area contributed by atoms with Gasteiger partial charge in [0.1, 0.15) is 11.6 Å². The Morgan fingerprint density at radius 2 is 2.00 bits per heavy atom. The van der Waals surface area contributed by atoms with Crippen molar-refractivity contribution in [1.29, 1.82) is 0 Å². The summed E-state index contributed by atoms with van der Waals surface area (Å²) in [6.07, 6.45) is 12.6. The lowest BCUT2D eigenvalue weighted by molar-refractivity contribution is -0.121. The number of aliphatic imine (C=N–C) groups is 1. The van der Waals surface area contributed by atoms with Gasteiger partial charge in [-0.3, -0.25) is 9.79 Å². The van der Waals surface area contributed by atoms with Crippen LogP contribution in [0.3, 0.4) is 0 Å². The van der Waals surface area contributed by atoms with Gasteiger partial charge in [0.25, 0.3) is 0 Å². The molecule has 0 saturated carbocycles. The Morgan fingerprint density at radius 1 is 1.28 bits per heavy atom. The number of allylic oxidation sites excluding steroid dienone is 7. The lowest BCUT2D eigenvalue weighted by Crippen LogP contribution is -2.44. The first-order valence-corrected chi connectivity index (χ1v) is 12.5. The number of carbonyl (C=O) groups excluding carboxylic acids is 1. The second kappa shape index (κ2) is 14.9. The number of methoxy groups -OCH3 is 1. The van der Waals surface area contributed by atoms with Gasteiger partial charge in [0.15, 0.2) is 0 Å². The molecule has 1 saturated heterocycles. The summed E-state index contributed by atoms with van der Waals surface area (Å²) in [5, 5.41) is 3.12. The van der Waals surface area contributed by atoms with E-state index in [4.69, 9.17) is 4.74 Å². The summed E-state index contributed by atoms with van der Waals surface area (Å²) in [7, 11) is 3.41. The number of amides is 1. The van der Waals surface area contributed by atoms with Gasteiger partial charge >= 0.3 is 0 Å². The molecular weight excluding hydrogens is 453 g/mol. The van der Waals surface area contributed by atoms with E-state index in [1.807, 2.05) is 25.2 Å². The van der Waals surface area contributed by atoms with Crippen molar-refractivity contribution in [2.24, 2.45) is 4.99 Å². The molecule has 36 heavy (non-hydrogen) atoms. The summed E-state index contributed by atoms with van der Waals surface area (Å²) < 4.78 is 18.9. The molecule has 0 aliphatic carbocycles. The summed E-state index contributed by atoms with van der Waals surface area (Å²) in [6, 6.07) is 6.32. The highest BCUT2D eigenvalue weighted by Gasteiger charge is 2.22. The maximum absolute atomic E-state index is 13.4. The van der Waals surface area contributed by atoms with Gasteiger partial charge in [-0.15, -0.1) is 0 Å². The van der Waals surface area contributed by atoms with E-state index >= 15 is 0 Å². The van der Waals surface area contributed by atoms with Crippen molar-refractivity contribution in [2.45, 2.75) is 52.5 Å². The van der Waals surface area contributed by atoms with Crippen LogP contribution in [0.15, 0.2) is 88.8 Å². The first-order valence-electron chi connectivity index (χ1n) is 12.5. The fourth-order valence-corrected chi connectivity index (χ4v) is 4.27. The van der Waals surface area contributed by atoms with Crippen LogP contribution in [0.25, 0.3) is 0 Å². The predicted octanol–water partition coefficient (Wildman–Crippen LogP) is 5.92. The number of likely N-dealkylation sites (tertiary alicyclic amines) is 1. The minimum Gasteiger partial charge on any atom is -0.496 e. The molecule has 0 aromatic heterocycles. The molecule has 2 rings (SSSR count). The topological polar surface area (TPSA) is 53.9 Å². The average Bonchev–Trinajstić information content (AvgIpc) is 2.87. The number of halogens is 1. The highest BCUT2D eigenvalue weighted by Crippen LogP contribution is 2.22. The van der Waals surface area contributed by atoms with Crippen LogP contribution in [-0.2, 0) is 16.0 Å². The minimum atomic E-state index is -0.320. The quantitative estimate of drug-likeness (QED) is 0.236. The Kier molecular flexibility index (Phi) is 11.9. The van der Waals surface area contributed by atoms with Crippen LogP contribution in [0.5, 0.6) is 0 Å². The largest absolute Gasteiger partial charge is 0.496 e. The molecule has 1 heterocycles. The van der Waals surface area contributed by atoms with Crippen molar-refractivity contribution in [1.82, 2.24) is 10.2 Å². The fraction of sp³-hybridized carbons (Fsp3) is 0.400. The average molecular weight is 494 g/mol. The first-order chi connectivity index (χ1) is 17.4. The van der Waals surface area contributed by atoms with Gasteiger partial charge in [-0.2, -0.15) is 0 Å². The highest BCUT2D eigenvalue weighted by molar-refractivity contribution is 6.11. The number of nitrogens with one attached hydrogen (secondary N) is 1. The Balaban J connectivity index is 2.09. The van der Waals surface area contributed by atoms with Gasteiger partial charge in [0.2, 0.25) is 5.91 Å². The normalized spacial score (nSPS) is 16.7. The van der Waals surface area contributed by atoms with E-state index in [1.165, 1.54) is 23.4 Å². The van der Waals surface area contributed by atoms with Crippen LogP contribution in [0.4, 0.5) is 4.39 Å². The fourth-order valence-electron chi connectivity index (χ4n) is 4.27. The Bertz CT molecular complexity index is 1060. The number of piperidine rings is 1. The third kappa shape index (κ3) is 8.36. The molecule has 1 aromatic carbocycles. The van der Waals surface area contributed by atoms with Crippen LogP contribution in [0.2, 0.25) is 0 Å². The van der Waals surface area contributed by atoms with Gasteiger partial charge in [0, 0.05) is 37.4 Å². The number of carbonyl (C=O) groups is 1. The van der Waals surface area contributed by atoms with Gasteiger partial charge in [-0.1, -0.05) is 43.4 Å². The summed E-state index contributed by atoms with van der Waals surface area (Å²) in [4.78, 5) is 19.3. The molecule has 0 radical (unpaired) electrons. The zero-order valence-corrected chi connectivity index (χ0v) is 22.3. The molecule has 0 atom stereocenters. The molecule has 5 nitrogen and oxygen atoms in total. The van der Waals surface area contributed by atoms with Crippen LogP contribution >= 0.6 is 0 Å². The maximum atomic E-state index is 13.4.